The highest BCUT2D eigenvalue weighted by atomic mass is 16.6. The van der Waals surface area contributed by atoms with Crippen LogP contribution < -0.4 is 0 Å². The van der Waals surface area contributed by atoms with Crippen molar-refractivity contribution in [1.29, 1.82) is 0 Å². The summed E-state index contributed by atoms with van der Waals surface area (Å²) in [7, 11) is 1.88. The summed E-state index contributed by atoms with van der Waals surface area (Å²) in [5, 5.41) is 20.7. The van der Waals surface area contributed by atoms with Crippen LogP contribution in [-0.2, 0) is 13.5 Å². The molecule has 0 amide bonds. The smallest absolute Gasteiger partial charge is 0.279 e. The van der Waals surface area contributed by atoms with Gasteiger partial charge in [0.2, 0.25) is 0 Å². The Balaban J connectivity index is 2.69. The molecule has 0 fully saturated rings. The number of fused-ring (bicyclic) bond motifs is 1. The molecular formula is C13H16N2O3. The number of rotatable bonds is 4. The van der Waals surface area contributed by atoms with Crippen LogP contribution in [0, 0.1) is 17.0 Å². The molecule has 0 unspecified atom stereocenters. The molecule has 2 rings (SSSR count). The Kier molecular flexibility index (Phi) is 3.34. The van der Waals surface area contributed by atoms with Gasteiger partial charge in [-0.2, -0.15) is 0 Å². The molecule has 0 bridgehead atoms. The van der Waals surface area contributed by atoms with E-state index in [0.717, 1.165) is 16.6 Å². The van der Waals surface area contributed by atoms with E-state index in [1.54, 1.807) is 6.07 Å². The molecule has 0 radical (unpaired) electrons. The molecule has 96 valence electrons. The van der Waals surface area contributed by atoms with E-state index >= 15 is 0 Å². The molecule has 0 saturated heterocycles. The van der Waals surface area contributed by atoms with Gasteiger partial charge < -0.3 is 9.67 Å². The second-order valence-corrected chi connectivity index (χ2v) is 4.53. The number of nitrogens with zero attached hydrogens (tertiary/aromatic N) is 2. The third-order valence-electron chi connectivity index (χ3n) is 3.09. The van der Waals surface area contributed by atoms with E-state index in [1.165, 1.54) is 0 Å². The van der Waals surface area contributed by atoms with E-state index in [0.29, 0.717) is 18.2 Å². The van der Waals surface area contributed by atoms with Gasteiger partial charge in [-0.25, -0.2) is 0 Å². The minimum atomic E-state index is -0.336. The summed E-state index contributed by atoms with van der Waals surface area (Å²) in [6, 6.07) is 3.55. The highest BCUT2D eigenvalue weighted by Crippen LogP contribution is 2.32. The number of aromatic nitrogens is 1. The molecule has 0 saturated carbocycles. The molecule has 5 nitrogen and oxygen atoms in total. The summed E-state index contributed by atoms with van der Waals surface area (Å²) < 4.78 is 1.90. The van der Waals surface area contributed by atoms with Crippen molar-refractivity contribution in [2.24, 2.45) is 7.05 Å². The number of nitro benzene ring substituents is 1. The van der Waals surface area contributed by atoms with Gasteiger partial charge >= 0.3 is 0 Å². The number of hydrogen-bond donors (Lipinski definition) is 1. The normalized spacial score (nSPS) is 11.1. The van der Waals surface area contributed by atoms with Crippen molar-refractivity contribution in [2.45, 2.75) is 19.8 Å². The first-order chi connectivity index (χ1) is 8.54. The van der Waals surface area contributed by atoms with Gasteiger partial charge in [-0.3, -0.25) is 10.1 Å². The Morgan fingerprint density at radius 2 is 2.17 bits per heavy atom. The lowest BCUT2D eigenvalue weighted by Gasteiger charge is -2.01. The van der Waals surface area contributed by atoms with Crippen LogP contribution >= 0.6 is 0 Å². The van der Waals surface area contributed by atoms with Gasteiger partial charge in [0, 0.05) is 25.9 Å². The van der Waals surface area contributed by atoms with Crippen molar-refractivity contribution in [3.8, 4) is 0 Å². The Hall–Kier alpha value is -1.88. The third kappa shape index (κ3) is 2.09. The van der Waals surface area contributed by atoms with Crippen LogP contribution in [0.15, 0.2) is 18.3 Å². The summed E-state index contributed by atoms with van der Waals surface area (Å²) in [5.41, 5.74) is 2.82. The molecule has 0 aliphatic heterocycles. The molecule has 1 aromatic carbocycles. The number of benzene rings is 1. The van der Waals surface area contributed by atoms with E-state index in [2.05, 4.69) is 0 Å². The Labute approximate surface area is 105 Å². The summed E-state index contributed by atoms with van der Waals surface area (Å²) >= 11 is 0. The van der Waals surface area contributed by atoms with Gasteiger partial charge in [-0.05, 0) is 37.0 Å². The maximum atomic E-state index is 11.1. The Bertz CT molecular complexity index is 602. The van der Waals surface area contributed by atoms with Crippen molar-refractivity contribution in [3.05, 3.63) is 39.6 Å². The third-order valence-corrected chi connectivity index (χ3v) is 3.09. The maximum Gasteiger partial charge on any atom is 0.279 e. The topological polar surface area (TPSA) is 68.3 Å². The van der Waals surface area contributed by atoms with E-state index in [-0.39, 0.29) is 17.2 Å². The fraction of sp³-hybridized carbons (Fsp3) is 0.385. The van der Waals surface area contributed by atoms with Crippen LogP contribution in [0.1, 0.15) is 17.5 Å². The van der Waals surface area contributed by atoms with Crippen molar-refractivity contribution in [2.75, 3.05) is 6.61 Å². The van der Waals surface area contributed by atoms with E-state index in [9.17, 15) is 10.1 Å². The average Bonchev–Trinajstić information content (AvgIpc) is 2.62. The first kappa shape index (κ1) is 12.6. The Morgan fingerprint density at radius 1 is 1.44 bits per heavy atom. The predicted octanol–water partition coefficient (Wildman–Crippen LogP) is 2.32. The summed E-state index contributed by atoms with van der Waals surface area (Å²) in [4.78, 5) is 10.8. The number of hydrogen-bond acceptors (Lipinski definition) is 3. The van der Waals surface area contributed by atoms with Gasteiger partial charge in [-0.15, -0.1) is 0 Å². The molecule has 2 aromatic rings. The molecule has 18 heavy (non-hydrogen) atoms. The van der Waals surface area contributed by atoms with E-state index in [1.807, 2.05) is 30.8 Å². The largest absolute Gasteiger partial charge is 0.396 e. The fourth-order valence-corrected chi connectivity index (χ4v) is 2.33. The van der Waals surface area contributed by atoms with Gasteiger partial charge in [0.25, 0.3) is 5.69 Å². The molecule has 1 N–H and O–H groups in total. The van der Waals surface area contributed by atoms with Crippen LogP contribution in [0.3, 0.4) is 0 Å². The molecule has 1 aromatic heterocycles. The van der Waals surface area contributed by atoms with Crippen LogP contribution in [0.25, 0.3) is 10.9 Å². The first-order valence-corrected chi connectivity index (χ1v) is 5.88. The number of aryl methyl sites for hydroxylation is 3. The highest BCUT2D eigenvalue weighted by Gasteiger charge is 2.19. The van der Waals surface area contributed by atoms with Crippen LogP contribution in [-0.4, -0.2) is 21.2 Å². The molecule has 1 heterocycles. The van der Waals surface area contributed by atoms with Crippen LogP contribution in [0.4, 0.5) is 5.69 Å². The van der Waals surface area contributed by atoms with Crippen molar-refractivity contribution in [1.82, 2.24) is 4.57 Å². The van der Waals surface area contributed by atoms with Gasteiger partial charge in [0.15, 0.2) is 0 Å². The molecule has 5 heteroatoms. The first-order valence-electron chi connectivity index (χ1n) is 5.88. The molecule has 0 aliphatic carbocycles. The number of aliphatic hydroxyl groups excluding tert-OH is 1. The average molecular weight is 248 g/mol. The standard InChI is InChI=1S/C13H16N2O3/c1-9-6-11-13(12(7-9)15(17)18)10(4-3-5-16)8-14(11)2/h6-8,16H,3-5H2,1-2H3. The molecule has 0 aliphatic rings. The fourth-order valence-electron chi connectivity index (χ4n) is 2.33. The van der Waals surface area contributed by atoms with Crippen molar-refractivity contribution < 1.29 is 10.0 Å². The Morgan fingerprint density at radius 3 is 2.78 bits per heavy atom. The lowest BCUT2D eigenvalue weighted by Crippen LogP contribution is -1.93. The lowest BCUT2D eigenvalue weighted by molar-refractivity contribution is -0.383. The minimum Gasteiger partial charge on any atom is -0.396 e. The predicted molar refractivity (Wildman–Crippen MR) is 69.7 cm³/mol. The second kappa shape index (κ2) is 4.78. The van der Waals surface area contributed by atoms with Gasteiger partial charge in [-0.1, -0.05) is 0 Å². The molecular weight excluding hydrogens is 232 g/mol. The summed E-state index contributed by atoms with van der Waals surface area (Å²) in [6.07, 6.45) is 3.18. The SMILES string of the molecule is Cc1cc([N+](=O)[O-])c2c(CCCO)cn(C)c2c1. The maximum absolute atomic E-state index is 11.1. The zero-order chi connectivity index (χ0) is 13.3. The minimum absolute atomic E-state index is 0.0933. The van der Waals surface area contributed by atoms with E-state index in [4.69, 9.17) is 5.11 Å². The van der Waals surface area contributed by atoms with Crippen LogP contribution in [0.2, 0.25) is 0 Å². The number of nitro groups is 1. The molecule has 0 atom stereocenters. The van der Waals surface area contributed by atoms with Crippen LogP contribution in [0.5, 0.6) is 0 Å². The van der Waals surface area contributed by atoms with Crippen molar-refractivity contribution >= 4 is 16.6 Å². The summed E-state index contributed by atoms with van der Waals surface area (Å²) in [6.45, 7) is 1.95. The van der Waals surface area contributed by atoms with Gasteiger partial charge in [0.1, 0.15) is 0 Å². The quantitative estimate of drug-likeness (QED) is 0.667. The molecule has 0 spiro atoms. The summed E-state index contributed by atoms with van der Waals surface area (Å²) in [5.74, 6) is 0. The van der Waals surface area contributed by atoms with Crippen molar-refractivity contribution in [3.63, 3.8) is 0 Å². The second-order valence-electron chi connectivity index (χ2n) is 4.53. The zero-order valence-corrected chi connectivity index (χ0v) is 10.5. The highest BCUT2D eigenvalue weighted by molar-refractivity contribution is 5.93. The lowest BCUT2D eigenvalue weighted by atomic mass is 10.1. The monoisotopic (exact) mass is 248 g/mol. The zero-order valence-electron chi connectivity index (χ0n) is 10.5. The van der Waals surface area contributed by atoms with Gasteiger partial charge in [0.05, 0.1) is 15.8 Å². The number of aliphatic hydroxyl groups is 1. The number of non-ortho nitro benzene ring substituents is 1. The van der Waals surface area contributed by atoms with E-state index < -0.39 is 0 Å².